The highest BCUT2D eigenvalue weighted by molar-refractivity contribution is 6.10. The number of unbranched alkanes of at least 4 members (excludes halogenated alkanes) is 18. The minimum Gasteiger partial charge on any atom is -0.315 e. The summed E-state index contributed by atoms with van der Waals surface area (Å²) < 4.78 is 0.429. The van der Waals surface area contributed by atoms with Gasteiger partial charge in [0.15, 0.2) is 5.78 Å². The standard InChI is InChI=1S/C36H58NO2/c1-4-5-6-7-8-9-10-11-12-13-14-15-16-17-18-19-20-21-27-32-37(2,3)39-35-31-26-25-30-34(35)36(38)33-28-23-22-24-29-33/h22-26,28-31H,4-21,27,32H2,1-3H3/q+1. The Morgan fingerprint density at radius 2 is 0.974 bits per heavy atom. The molecule has 0 amide bonds. The van der Waals surface area contributed by atoms with E-state index in [1.54, 1.807) is 0 Å². The van der Waals surface area contributed by atoms with Crippen molar-refractivity contribution in [1.29, 1.82) is 0 Å². The third-order valence-electron chi connectivity index (χ3n) is 7.81. The molecule has 0 bridgehead atoms. The summed E-state index contributed by atoms with van der Waals surface area (Å²) in [6, 6.07) is 17.1. The molecule has 0 aliphatic heterocycles. The Balaban J connectivity index is 1.47. The van der Waals surface area contributed by atoms with E-state index in [1.165, 1.54) is 116 Å². The number of carbonyl (C=O) groups excluding carboxylic acids is 1. The average Bonchev–Trinajstić information content (AvgIpc) is 2.94. The van der Waals surface area contributed by atoms with Crippen LogP contribution in [0.1, 0.15) is 145 Å². The van der Waals surface area contributed by atoms with Gasteiger partial charge in [0.05, 0.1) is 5.56 Å². The first-order valence-corrected chi connectivity index (χ1v) is 16.2. The van der Waals surface area contributed by atoms with Gasteiger partial charge in [0.2, 0.25) is 5.75 Å². The minimum atomic E-state index is 0.00898. The van der Waals surface area contributed by atoms with Gasteiger partial charge >= 0.3 is 0 Å². The Morgan fingerprint density at radius 1 is 0.564 bits per heavy atom. The molecule has 3 nitrogen and oxygen atoms in total. The van der Waals surface area contributed by atoms with Gasteiger partial charge in [-0.25, -0.2) is 0 Å². The fourth-order valence-electron chi connectivity index (χ4n) is 5.36. The Hall–Kier alpha value is -2.13. The SMILES string of the molecule is CCCCCCCCCCCCCCCCCCCCC[N+](C)(C)Oc1ccccc1C(=O)c1ccccc1. The molecule has 0 aromatic heterocycles. The number of nitrogens with zero attached hydrogens (tertiary/aromatic N) is 1. The average molecular weight is 537 g/mol. The summed E-state index contributed by atoms with van der Waals surface area (Å²) in [4.78, 5) is 19.3. The molecular weight excluding hydrogens is 478 g/mol. The maximum absolute atomic E-state index is 13.0. The molecule has 0 spiro atoms. The molecule has 0 heterocycles. The van der Waals surface area contributed by atoms with Crippen molar-refractivity contribution in [2.24, 2.45) is 0 Å². The maximum Gasteiger partial charge on any atom is 0.201 e. The lowest BCUT2D eigenvalue weighted by Gasteiger charge is -2.28. The summed E-state index contributed by atoms with van der Waals surface area (Å²) in [5, 5.41) is 0. The molecule has 0 N–H and O–H groups in total. The number of benzene rings is 2. The summed E-state index contributed by atoms with van der Waals surface area (Å²) in [7, 11) is 4.16. The van der Waals surface area contributed by atoms with Crippen LogP contribution in [0, 0.1) is 0 Å². The Kier molecular flexibility index (Phi) is 17.6. The van der Waals surface area contributed by atoms with Crippen LogP contribution in [0.3, 0.4) is 0 Å². The lowest BCUT2D eigenvalue weighted by molar-refractivity contribution is -1.05. The van der Waals surface area contributed by atoms with E-state index in [0.717, 1.165) is 13.0 Å². The maximum atomic E-state index is 13.0. The normalized spacial score (nSPS) is 11.6. The second kappa shape index (κ2) is 20.7. The third kappa shape index (κ3) is 15.3. The number of carbonyl (C=O) groups is 1. The van der Waals surface area contributed by atoms with E-state index < -0.39 is 0 Å². The lowest BCUT2D eigenvalue weighted by atomic mass is 10.0. The monoisotopic (exact) mass is 536 g/mol. The van der Waals surface area contributed by atoms with Gasteiger partial charge in [-0.15, -0.1) is 4.65 Å². The predicted molar refractivity (Wildman–Crippen MR) is 167 cm³/mol. The first-order chi connectivity index (χ1) is 19.0. The Labute approximate surface area is 240 Å². The zero-order valence-corrected chi connectivity index (χ0v) is 25.6. The van der Waals surface area contributed by atoms with Crippen molar-refractivity contribution in [3.05, 3.63) is 65.7 Å². The van der Waals surface area contributed by atoms with Gasteiger partial charge in [-0.1, -0.05) is 159 Å². The molecule has 218 valence electrons. The van der Waals surface area contributed by atoms with Crippen molar-refractivity contribution >= 4 is 5.78 Å². The largest absolute Gasteiger partial charge is 0.315 e. The zero-order valence-electron chi connectivity index (χ0n) is 25.6. The summed E-state index contributed by atoms with van der Waals surface area (Å²) >= 11 is 0. The molecule has 0 aliphatic carbocycles. The van der Waals surface area contributed by atoms with Crippen molar-refractivity contribution in [1.82, 2.24) is 0 Å². The summed E-state index contributed by atoms with van der Waals surface area (Å²) in [5.41, 5.74) is 1.32. The van der Waals surface area contributed by atoms with Crippen LogP contribution in [0.15, 0.2) is 54.6 Å². The minimum absolute atomic E-state index is 0.00898. The van der Waals surface area contributed by atoms with Crippen LogP contribution in [0.2, 0.25) is 0 Å². The topological polar surface area (TPSA) is 26.3 Å². The van der Waals surface area contributed by atoms with Gasteiger partial charge in [0, 0.05) is 12.0 Å². The van der Waals surface area contributed by atoms with Crippen LogP contribution < -0.4 is 4.84 Å². The van der Waals surface area contributed by atoms with Gasteiger partial charge in [0.1, 0.15) is 20.6 Å². The van der Waals surface area contributed by atoms with E-state index in [0.29, 0.717) is 21.5 Å². The Morgan fingerprint density at radius 3 is 1.46 bits per heavy atom. The Bertz CT molecular complexity index is 877. The second-order valence-corrected chi connectivity index (χ2v) is 11.9. The molecule has 2 rings (SSSR count). The first kappa shape index (κ1) is 33.1. The second-order valence-electron chi connectivity index (χ2n) is 11.9. The van der Waals surface area contributed by atoms with Crippen molar-refractivity contribution in [2.45, 2.75) is 129 Å². The predicted octanol–water partition coefficient (Wildman–Crippen LogP) is 10.7. The molecule has 0 radical (unpaired) electrons. The van der Waals surface area contributed by atoms with Gasteiger partial charge < -0.3 is 4.84 Å². The van der Waals surface area contributed by atoms with Crippen molar-refractivity contribution in [3.63, 3.8) is 0 Å². The fraction of sp³-hybridized carbons (Fsp3) is 0.639. The fourth-order valence-corrected chi connectivity index (χ4v) is 5.36. The van der Waals surface area contributed by atoms with E-state index in [4.69, 9.17) is 4.84 Å². The van der Waals surface area contributed by atoms with Gasteiger partial charge in [-0.2, -0.15) is 0 Å². The lowest BCUT2D eigenvalue weighted by Crippen LogP contribution is -2.44. The summed E-state index contributed by atoms with van der Waals surface area (Å²) in [6.07, 6.45) is 26.5. The summed E-state index contributed by atoms with van der Waals surface area (Å²) in [5.74, 6) is 0.670. The van der Waals surface area contributed by atoms with Crippen LogP contribution >= 0.6 is 0 Å². The molecule has 0 aliphatic rings. The van der Waals surface area contributed by atoms with E-state index >= 15 is 0 Å². The molecule has 0 saturated carbocycles. The molecule has 0 atom stereocenters. The number of quaternary nitrogens is 1. The van der Waals surface area contributed by atoms with E-state index in [2.05, 4.69) is 21.0 Å². The number of para-hydroxylation sites is 1. The summed E-state index contributed by atoms with van der Waals surface area (Å²) in [6.45, 7) is 3.23. The van der Waals surface area contributed by atoms with Gasteiger partial charge in [-0.3, -0.25) is 4.79 Å². The number of rotatable bonds is 24. The quantitative estimate of drug-likeness (QED) is 0.0577. The van der Waals surface area contributed by atoms with Crippen LogP contribution in [0.5, 0.6) is 5.75 Å². The number of ketones is 1. The smallest absolute Gasteiger partial charge is 0.201 e. The molecule has 0 fully saturated rings. The van der Waals surface area contributed by atoms with Crippen LogP contribution in [-0.4, -0.2) is 31.1 Å². The molecule has 0 saturated heterocycles. The molecule has 2 aromatic rings. The number of hydroxylamine groups is 3. The molecule has 39 heavy (non-hydrogen) atoms. The van der Waals surface area contributed by atoms with Crippen LogP contribution in [-0.2, 0) is 0 Å². The molecule has 3 heteroatoms. The number of hydrogen-bond acceptors (Lipinski definition) is 2. The van der Waals surface area contributed by atoms with Crippen molar-refractivity contribution in [3.8, 4) is 5.75 Å². The van der Waals surface area contributed by atoms with E-state index in [-0.39, 0.29) is 5.78 Å². The van der Waals surface area contributed by atoms with E-state index in [9.17, 15) is 4.79 Å². The third-order valence-corrected chi connectivity index (χ3v) is 7.81. The van der Waals surface area contributed by atoms with Gasteiger partial charge in [0.25, 0.3) is 0 Å². The highest BCUT2D eigenvalue weighted by Crippen LogP contribution is 2.24. The van der Waals surface area contributed by atoms with Crippen LogP contribution in [0.25, 0.3) is 0 Å². The van der Waals surface area contributed by atoms with Gasteiger partial charge in [-0.05, 0) is 18.6 Å². The highest BCUT2D eigenvalue weighted by Gasteiger charge is 2.22. The molecule has 2 aromatic carbocycles. The van der Waals surface area contributed by atoms with E-state index in [1.807, 2.05) is 54.6 Å². The van der Waals surface area contributed by atoms with Crippen molar-refractivity contribution < 1.29 is 14.3 Å². The number of hydrogen-bond donors (Lipinski definition) is 0. The highest BCUT2D eigenvalue weighted by atomic mass is 16.7. The van der Waals surface area contributed by atoms with Crippen molar-refractivity contribution in [2.75, 3.05) is 20.6 Å². The first-order valence-electron chi connectivity index (χ1n) is 16.2. The zero-order chi connectivity index (χ0) is 28.0. The molecular formula is C36H58NO2+. The van der Waals surface area contributed by atoms with Crippen LogP contribution in [0.4, 0.5) is 0 Å². The molecule has 0 unspecified atom stereocenters.